The van der Waals surface area contributed by atoms with Gasteiger partial charge in [-0.15, -0.1) is 0 Å². The summed E-state index contributed by atoms with van der Waals surface area (Å²) >= 11 is 0. The van der Waals surface area contributed by atoms with Crippen molar-refractivity contribution in [2.75, 3.05) is 0 Å². The first kappa shape index (κ1) is 18.2. The van der Waals surface area contributed by atoms with Crippen molar-refractivity contribution in [2.24, 2.45) is 5.92 Å². The minimum Gasteiger partial charge on any atom is -0.348 e. The Balaban J connectivity index is 1.37. The lowest BCUT2D eigenvalue weighted by molar-refractivity contribution is -0.140. The third kappa shape index (κ3) is 2.99. The first-order valence-corrected chi connectivity index (χ1v) is 9.89. The molecule has 0 radical (unpaired) electrons. The van der Waals surface area contributed by atoms with Gasteiger partial charge in [0.25, 0.3) is 0 Å². The molecular formula is C20H22FN5O3. The van der Waals surface area contributed by atoms with E-state index in [-0.39, 0.29) is 35.9 Å². The summed E-state index contributed by atoms with van der Waals surface area (Å²) in [5, 5.41) is 7.63. The lowest BCUT2D eigenvalue weighted by atomic mass is 10.1. The molecule has 0 bridgehead atoms. The average Bonchev–Trinajstić information content (AvgIpc) is 3.44. The zero-order valence-electron chi connectivity index (χ0n) is 16.3. The fourth-order valence-corrected chi connectivity index (χ4v) is 4.45. The maximum Gasteiger partial charge on any atom is 0.245 e. The van der Waals surface area contributed by atoms with E-state index in [2.05, 4.69) is 15.4 Å². The van der Waals surface area contributed by atoms with Gasteiger partial charge in [-0.2, -0.15) is 5.10 Å². The number of carbonyl (C=O) groups excluding carboxylic acids is 3. The van der Waals surface area contributed by atoms with Crippen LogP contribution in [0.3, 0.4) is 0 Å². The molecule has 2 saturated carbocycles. The molecule has 2 aromatic heterocycles. The largest absolute Gasteiger partial charge is 0.348 e. The molecule has 29 heavy (non-hydrogen) atoms. The maximum absolute atomic E-state index is 13.8. The number of rotatable bonds is 5. The van der Waals surface area contributed by atoms with Crippen LogP contribution in [-0.4, -0.2) is 61.1 Å². The van der Waals surface area contributed by atoms with E-state index in [0.29, 0.717) is 29.8 Å². The zero-order valence-corrected chi connectivity index (χ0v) is 16.3. The Morgan fingerprint density at radius 1 is 1.34 bits per heavy atom. The Bertz CT molecular complexity index is 1050. The number of piperidine rings is 1. The number of nitrogens with zero attached hydrogens (tertiary/aromatic N) is 4. The zero-order chi connectivity index (χ0) is 20.5. The van der Waals surface area contributed by atoms with Crippen LogP contribution in [0.15, 0.2) is 18.3 Å². The summed E-state index contributed by atoms with van der Waals surface area (Å²) in [6, 6.07) is 2.47. The lowest BCUT2D eigenvalue weighted by Crippen LogP contribution is -2.50. The Morgan fingerprint density at radius 2 is 2.10 bits per heavy atom. The Labute approximate surface area is 166 Å². The predicted molar refractivity (Wildman–Crippen MR) is 101 cm³/mol. The highest BCUT2D eigenvalue weighted by Gasteiger charge is 2.58. The second kappa shape index (κ2) is 6.08. The van der Waals surface area contributed by atoms with Crippen LogP contribution in [0, 0.1) is 5.92 Å². The first-order valence-electron chi connectivity index (χ1n) is 9.89. The van der Waals surface area contributed by atoms with Crippen LogP contribution in [0.4, 0.5) is 4.39 Å². The van der Waals surface area contributed by atoms with Crippen molar-refractivity contribution in [3.05, 3.63) is 24.0 Å². The topological polar surface area (TPSA) is 97.2 Å². The SMILES string of the molecule is CC(=O)c1nn(CC(=O)N2C3C[C@@H]3C[C@H]2C(=O)N[C@H]2C[C@@]2(C)F)c2ncccc12. The smallest absolute Gasteiger partial charge is 0.245 e. The van der Waals surface area contributed by atoms with E-state index in [0.717, 1.165) is 6.42 Å². The van der Waals surface area contributed by atoms with Crippen molar-refractivity contribution < 1.29 is 18.8 Å². The molecule has 1 aliphatic heterocycles. The third-order valence-electron chi connectivity index (χ3n) is 6.31. The number of Topliss-reactive ketones (excluding diaryl/α,β-unsaturated/α-hetero) is 1. The Morgan fingerprint density at radius 3 is 2.79 bits per heavy atom. The maximum atomic E-state index is 13.8. The molecule has 1 unspecified atom stereocenters. The summed E-state index contributed by atoms with van der Waals surface area (Å²) in [6.45, 7) is 2.79. The van der Waals surface area contributed by atoms with Crippen molar-refractivity contribution in [2.45, 2.75) is 63.4 Å². The van der Waals surface area contributed by atoms with E-state index in [1.165, 1.54) is 18.5 Å². The summed E-state index contributed by atoms with van der Waals surface area (Å²) in [4.78, 5) is 43.6. The van der Waals surface area contributed by atoms with E-state index in [4.69, 9.17) is 0 Å². The van der Waals surface area contributed by atoms with Crippen LogP contribution in [-0.2, 0) is 16.1 Å². The number of amides is 2. The van der Waals surface area contributed by atoms with Crippen LogP contribution in [0.2, 0.25) is 0 Å². The van der Waals surface area contributed by atoms with Crippen LogP contribution in [0.25, 0.3) is 11.0 Å². The molecular weight excluding hydrogens is 377 g/mol. The lowest BCUT2D eigenvalue weighted by Gasteiger charge is -2.27. The van der Waals surface area contributed by atoms with Gasteiger partial charge in [0.2, 0.25) is 11.8 Å². The number of aromatic nitrogens is 3. The molecule has 5 rings (SSSR count). The highest BCUT2D eigenvalue weighted by atomic mass is 19.1. The highest BCUT2D eigenvalue weighted by Crippen LogP contribution is 2.48. The van der Waals surface area contributed by atoms with Gasteiger partial charge >= 0.3 is 0 Å². The van der Waals surface area contributed by atoms with Gasteiger partial charge in [0.05, 0.1) is 11.4 Å². The molecule has 3 fully saturated rings. The van der Waals surface area contributed by atoms with Gasteiger partial charge in [-0.3, -0.25) is 14.4 Å². The van der Waals surface area contributed by atoms with Crippen LogP contribution >= 0.6 is 0 Å². The van der Waals surface area contributed by atoms with Crippen LogP contribution < -0.4 is 5.32 Å². The van der Waals surface area contributed by atoms with Crippen molar-refractivity contribution in [1.82, 2.24) is 25.0 Å². The van der Waals surface area contributed by atoms with E-state index < -0.39 is 17.8 Å². The summed E-state index contributed by atoms with van der Waals surface area (Å²) in [5.41, 5.74) is -0.615. The standard InChI is InChI=1S/C20H22FN5O3/c1-10(27)17-12-4-3-5-22-18(12)25(24-17)9-16(28)26-13-6-11(13)7-14(26)19(29)23-15-8-20(15,2)21/h3-5,11,13-15H,6-9H2,1-2H3,(H,23,29)/t11-,13?,14+,15+,20-/m1/s1. The number of nitrogens with one attached hydrogen (secondary N) is 1. The summed E-state index contributed by atoms with van der Waals surface area (Å²) < 4.78 is 15.2. The third-order valence-corrected chi connectivity index (χ3v) is 6.31. The Hall–Kier alpha value is -2.84. The monoisotopic (exact) mass is 399 g/mol. The molecule has 2 aliphatic carbocycles. The summed E-state index contributed by atoms with van der Waals surface area (Å²) in [7, 11) is 0. The van der Waals surface area contributed by atoms with Gasteiger partial charge in [-0.25, -0.2) is 14.1 Å². The molecule has 0 aromatic carbocycles. The molecule has 152 valence electrons. The Kier molecular flexibility index (Phi) is 3.81. The minimum atomic E-state index is -1.35. The number of ketones is 1. The fraction of sp³-hybridized carbons (Fsp3) is 0.550. The molecule has 9 heteroatoms. The number of hydrogen-bond donors (Lipinski definition) is 1. The predicted octanol–water partition coefficient (Wildman–Crippen LogP) is 1.24. The van der Waals surface area contributed by atoms with Gasteiger partial charge in [0.15, 0.2) is 11.4 Å². The number of likely N-dealkylation sites (tertiary alicyclic amines) is 1. The summed E-state index contributed by atoms with van der Waals surface area (Å²) in [5.74, 6) is -0.400. The average molecular weight is 399 g/mol. The number of alkyl halides is 1. The van der Waals surface area contributed by atoms with Crippen molar-refractivity contribution in [3.63, 3.8) is 0 Å². The molecule has 8 nitrogen and oxygen atoms in total. The second-order valence-corrected chi connectivity index (χ2v) is 8.60. The minimum absolute atomic E-state index is 0.0521. The number of hydrogen-bond acceptors (Lipinski definition) is 5. The summed E-state index contributed by atoms with van der Waals surface area (Å²) in [6.07, 6.45) is 3.39. The van der Waals surface area contributed by atoms with Gasteiger partial charge in [-0.05, 0) is 37.8 Å². The van der Waals surface area contributed by atoms with Gasteiger partial charge in [0.1, 0.15) is 23.9 Å². The fourth-order valence-electron chi connectivity index (χ4n) is 4.45. The van der Waals surface area contributed by atoms with Gasteiger partial charge in [-0.1, -0.05) is 0 Å². The molecule has 0 spiro atoms. The highest BCUT2D eigenvalue weighted by molar-refractivity contribution is 6.04. The molecule has 3 heterocycles. The second-order valence-electron chi connectivity index (χ2n) is 8.60. The van der Waals surface area contributed by atoms with Gasteiger partial charge in [0, 0.05) is 25.6 Å². The molecule has 3 aliphatic rings. The molecule has 2 amide bonds. The van der Waals surface area contributed by atoms with Crippen LogP contribution in [0.1, 0.15) is 43.6 Å². The van der Waals surface area contributed by atoms with Gasteiger partial charge < -0.3 is 10.2 Å². The number of fused-ring (bicyclic) bond motifs is 2. The van der Waals surface area contributed by atoms with E-state index in [1.807, 2.05) is 0 Å². The molecule has 2 aromatic rings. The van der Waals surface area contributed by atoms with E-state index >= 15 is 0 Å². The molecule has 1 saturated heterocycles. The van der Waals surface area contributed by atoms with Crippen molar-refractivity contribution in [1.29, 1.82) is 0 Å². The number of carbonyl (C=O) groups is 3. The van der Waals surface area contributed by atoms with E-state index in [1.54, 1.807) is 23.2 Å². The normalized spacial score (nSPS) is 32.2. The van der Waals surface area contributed by atoms with Crippen molar-refractivity contribution >= 4 is 28.6 Å². The van der Waals surface area contributed by atoms with E-state index in [9.17, 15) is 18.8 Å². The van der Waals surface area contributed by atoms with Crippen molar-refractivity contribution in [3.8, 4) is 0 Å². The number of pyridine rings is 1. The quantitative estimate of drug-likeness (QED) is 0.763. The first-order chi connectivity index (χ1) is 13.8. The number of halogens is 1. The molecule has 5 atom stereocenters. The molecule has 1 N–H and O–H groups in total. The van der Waals surface area contributed by atoms with Crippen LogP contribution in [0.5, 0.6) is 0 Å².